The number of hydrogen-bond donors (Lipinski definition) is 2. The van der Waals surface area contributed by atoms with Crippen LogP contribution < -0.4 is 14.8 Å². The quantitative estimate of drug-likeness (QED) is 0.256. The summed E-state index contributed by atoms with van der Waals surface area (Å²) in [5.41, 5.74) is 2.36. The summed E-state index contributed by atoms with van der Waals surface area (Å²) in [6, 6.07) is 13.4. The minimum Gasteiger partial charge on any atom is -0.508 e. The summed E-state index contributed by atoms with van der Waals surface area (Å²) in [5, 5.41) is 12.7. The molecule has 0 atom stereocenters. The van der Waals surface area contributed by atoms with Crippen LogP contribution >= 0.6 is 24.0 Å². The average Bonchev–Trinajstić information content (AvgIpc) is 2.71. The predicted octanol–water partition coefficient (Wildman–Crippen LogP) is 3.81. The van der Waals surface area contributed by atoms with Crippen molar-refractivity contribution in [2.75, 3.05) is 33.4 Å². The number of aromatic hydroxyl groups is 1. The smallest absolute Gasteiger partial charge is 0.193 e. The summed E-state index contributed by atoms with van der Waals surface area (Å²) >= 11 is 0. The van der Waals surface area contributed by atoms with Gasteiger partial charge in [0.2, 0.25) is 0 Å². The fourth-order valence-electron chi connectivity index (χ4n) is 3.14. The number of aliphatic imine (C=N–C) groups is 1. The molecule has 0 aromatic heterocycles. The second-order valence-electron chi connectivity index (χ2n) is 6.84. The van der Waals surface area contributed by atoms with Crippen molar-refractivity contribution >= 4 is 29.9 Å². The van der Waals surface area contributed by atoms with Crippen LogP contribution in [0.4, 0.5) is 0 Å². The number of phenols is 1. The fraction of sp³-hybridized carbons (Fsp3) is 0.409. The van der Waals surface area contributed by atoms with E-state index in [-0.39, 0.29) is 24.0 Å². The van der Waals surface area contributed by atoms with E-state index in [2.05, 4.69) is 23.2 Å². The molecule has 1 aliphatic heterocycles. The third-order valence-corrected chi connectivity index (χ3v) is 4.54. The standard InChI is InChI=1S/C22H29N3O3.HI/c1-3-23-22(24-12-4-5-17-6-9-19(26)10-7-17)25(2)16-18-8-11-20-21(15-18)28-14-13-27-20;/h6-11,15,26H,3-5,12-14,16H2,1-2H3,(H,23,24);1H. The lowest BCUT2D eigenvalue weighted by Crippen LogP contribution is -2.38. The highest BCUT2D eigenvalue weighted by Crippen LogP contribution is 2.31. The molecule has 0 spiro atoms. The average molecular weight is 511 g/mol. The molecule has 0 saturated carbocycles. The summed E-state index contributed by atoms with van der Waals surface area (Å²) in [6.07, 6.45) is 1.90. The van der Waals surface area contributed by atoms with Gasteiger partial charge in [0, 0.05) is 26.7 Å². The zero-order chi connectivity index (χ0) is 19.8. The molecule has 0 bridgehead atoms. The van der Waals surface area contributed by atoms with Gasteiger partial charge in [-0.3, -0.25) is 4.99 Å². The molecule has 0 unspecified atom stereocenters. The summed E-state index contributed by atoms with van der Waals surface area (Å²) in [5.74, 6) is 2.82. The summed E-state index contributed by atoms with van der Waals surface area (Å²) in [6.45, 7) is 5.58. The van der Waals surface area contributed by atoms with E-state index < -0.39 is 0 Å². The summed E-state index contributed by atoms with van der Waals surface area (Å²) in [7, 11) is 2.04. The summed E-state index contributed by atoms with van der Waals surface area (Å²) < 4.78 is 11.3. The number of halogens is 1. The molecule has 7 heteroatoms. The Hall–Kier alpha value is -2.16. The molecule has 3 rings (SSSR count). The number of guanidine groups is 1. The molecule has 0 aliphatic carbocycles. The number of phenolic OH excluding ortho intramolecular Hbond substituents is 1. The van der Waals surface area contributed by atoms with Gasteiger partial charge in [-0.1, -0.05) is 18.2 Å². The Labute approximate surface area is 190 Å². The minimum atomic E-state index is 0. The van der Waals surface area contributed by atoms with Gasteiger partial charge < -0.3 is 24.8 Å². The van der Waals surface area contributed by atoms with Crippen LogP contribution in [0.2, 0.25) is 0 Å². The van der Waals surface area contributed by atoms with Crippen LogP contribution in [0.5, 0.6) is 17.2 Å². The lowest BCUT2D eigenvalue weighted by molar-refractivity contribution is 0.171. The first-order valence-electron chi connectivity index (χ1n) is 9.81. The Bertz CT molecular complexity index is 796. The maximum absolute atomic E-state index is 9.36. The van der Waals surface area contributed by atoms with Crippen molar-refractivity contribution in [1.29, 1.82) is 0 Å². The molecule has 0 fully saturated rings. The molecule has 1 heterocycles. The van der Waals surface area contributed by atoms with E-state index in [1.165, 1.54) is 5.56 Å². The SMILES string of the molecule is CCNC(=NCCCc1ccc(O)cc1)N(C)Cc1ccc2c(c1)OCCO2.I. The van der Waals surface area contributed by atoms with E-state index in [1.807, 2.05) is 31.3 Å². The van der Waals surface area contributed by atoms with Crippen molar-refractivity contribution in [3.05, 3.63) is 53.6 Å². The number of hydrogen-bond acceptors (Lipinski definition) is 4. The van der Waals surface area contributed by atoms with Gasteiger partial charge in [0.05, 0.1) is 0 Å². The topological polar surface area (TPSA) is 66.3 Å². The van der Waals surface area contributed by atoms with E-state index in [4.69, 9.17) is 14.5 Å². The van der Waals surface area contributed by atoms with E-state index in [0.29, 0.717) is 19.0 Å². The third kappa shape index (κ3) is 6.99. The highest BCUT2D eigenvalue weighted by Gasteiger charge is 2.13. The van der Waals surface area contributed by atoms with Crippen molar-refractivity contribution < 1.29 is 14.6 Å². The molecule has 0 saturated heterocycles. The molecule has 2 aromatic carbocycles. The maximum atomic E-state index is 9.36. The van der Waals surface area contributed by atoms with Crippen molar-refractivity contribution in [2.45, 2.75) is 26.3 Å². The zero-order valence-electron chi connectivity index (χ0n) is 17.1. The second-order valence-corrected chi connectivity index (χ2v) is 6.84. The maximum Gasteiger partial charge on any atom is 0.193 e. The van der Waals surface area contributed by atoms with E-state index >= 15 is 0 Å². The van der Waals surface area contributed by atoms with Crippen molar-refractivity contribution in [1.82, 2.24) is 10.2 Å². The number of nitrogens with one attached hydrogen (secondary N) is 1. The van der Waals surface area contributed by atoms with Crippen LogP contribution in [-0.2, 0) is 13.0 Å². The monoisotopic (exact) mass is 511 g/mol. The highest BCUT2D eigenvalue weighted by molar-refractivity contribution is 14.0. The zero-order valence-corrected chi connectivity index (χ0v) is 19.4. The van der Waals surface area contributed by atoms with Crippen molar-refractivity contribution in [3.8, 4) is 17.2 Å². The normalized spacial score (nSPS) is 12.8. The van der Waals surface area contributed by atoms with Crippen LogP contribution in [-0.4, -0.2) is 49.3 Å². The Balaban J connectivity index is 0.00000300. The number of rotatable bonds is 7. The highest BCUT2D eigenvalue weighted by atomic mass is 127. The van der Waals surface area contributed by atoms with Crippen LogP contribution in [0.3, 0.4) is 0 Å². The van der Waals surface area contributed by atoms with E-state index in [1.54, 1.807) is 12.1 Å². The van der Waals surface area contributed by atoms with Gasteiger partial charge in [-0.2, -0.15) is 0 Å². The first kappa shape index (κ1) is 23.1. The van der Waals surface area contributed by atoms with Crippen LogP contribution in [0, 0.1) is 0 Å². The van der Waals surface area contributed by atoms with E-state index in [9.17, 15) is 5.11 Å². The van der Waals surface area contributed by atoms with Gasteiger partial charge >= 0.3 is 0 Å². The van der Waals surface area contributed by atoms with Gasteiger partial charge in [-0.05, 0) is 55.2 Å². The van der Waals surface area contributed by atoms with Crippen molar-refractivity contribution in [3.63, 3.8) is 0 Å². The first-order valence-corrected chi connectivity index (χ1v) is 9.81. The number of ether oxygens (including phenoxy) is 2. The molecule has 2 N–H and O–H groups in total. The van der Waals surface area contributed by atoms with Crippen molar-refractivity contribution in [2.24, 2.45) is 4.99 Å². The molecule has 0 amide bonds. The fourth-order valence-corrected chi connectivity index (χ4v) is 3.14. The number of aryl methyl sites for hydroxylation is 1. The van der Waals surface area contributed by atoms with Gasteiger partial charge in [-0.25, -0.2) is 0 Å². The second kappa shape index (κ2) is 11.7. The molecule has 158 valence electrons. The molecule has 2 aromatic rings. The Kier molecular flexibility index (Phi) is 9.37. The van der Waals surface area contributed by atoms with E-state index in [0.717, 1.165) is 55.5 Å². The number of benzene rings is 2. The molecule has 0 radical (unpaired) electrons. The Morgan fingerprint density at radius 3 is 2.48 bits per heavy atom. The number of nitrogens with zero attached hydrogens (tertiary/aromatic N) is 2. The number of fused-ring (bicyclic) bond motifs is 1. The van der Waals surface area contributed by atoms with Gasteiger partial charge in [0.1, 0.15) is 19.0 Å². The third-order valence-electron chi connectivity index (χ3n) is 4.54. The molecule has 6 nitrogen and oxygen atoms in total. The lowest BCUT2D eigenvalue weighted by Gasteiger charge is -2.24. The van der Waals surface area contributed by atoms with Gasteiger partial charge in [-0.15, -0.1) is 24.0 Å². The molecular weight excluding hydrogens is 481 g/mol. The predicted molar refractivity (Wildman–Crippen MR) is 127 cm³/mol. The van der Waals surface area contributed by atoms with Crippen LogP contribution in [0.1, 0.15) is 24.5 Å². The van der Waals surface area contributed by atoms with Gasteiger partial charge in [0.15, 0.2) is 17.5 Å². The molecule has 1 aliphatic rings. The summed E-state index contributed by atoms with van der Waals surface area (Å²) in [4.78, 5) is 6.88. The molecule has 29 heavy (non-hydrogen) atoms. The molecular formula is C22H30IN3O3. The van der Waals surface area contributed by atoms with Crippen LogP contribution in [0.15, 0.2) is 47.5 Å². The first-order chi connectivity index (χ1) is 13.7. The Morgan fingerprint density at radius 2 is 1.76 bits per heavy atom. The lowest BCUT2D eigenvalue weighted by atomic mass is 10.1. The largest absolute Gasteiger partial charge is 0.508 e. The minimum absolute atomic E-state index is 0. The van der Waals surface area contributed by atoms with Crippen LogP contribution in [0.25, 0.3) is 0 Å². The Morgan fingerprint density at radius 1 is 1.07 bits per heavy atom. The van der Waals surface area contributed by atoms with Gasteiger partial charge in [0.25, 0.3) is 0 Å².